The Balaban J connectivity index is 1.67. The van der Waals surface area contributed by atoms with Crippen molar-refractivity contribution in [2.24, 2.45) is 5.10 Å². The molecule has 3 aromatic carbocycles. The number of hydrazone groups is 1. The van der Waals surface area contributed by atoms with Crippen LogP contribution in [0, 0.1) is 5.82 Å². The van der Waals surface area contributed by atoms with Crippen molar-refractivity contribution in [1.82, 2.24) is 4.90 Å². The molecule has 6 nitrogen and oxygen atoms in total. The molecule has 0 N–H and O–H groups in total. The van der Waals surface area contributed by atoms with Crippen LogP contribution in [0.1, 0.15) is 17.0 Å². The van der Waals surface area contributed by atoms with Gasteiger partial charge in [-0.2, -0.15) is 5.10 Å². The smallest absolute Gasteiger partial charge is 0.416 e. The Labute approximate surface area is 184 Å². The maximum absolute atomic E-state index is 13.7. The minimum atomic E-state index is -0.800. The first-order valence-electron chi connectivity index (χ1n) is 10.4. The third kappa shape index (κ3) is 3.51. The summed E-state index contributed by atoms with van der Waals surface area (Å²) in [6, 6.07) is 24.2. The number of halogens is 1. The van der Waals surface area contributed by atoms with Gasteiger partial charge in [-0.25, -0.2) is 14.1 Å². The largest absolute Gasteiger partial charge is 0.447 e. The van der Waals surface area contributed by atoms with Crippen LogP contribution >= 0.6 is 0 Å². The first-order chi connectivity index (χ1) is 15.6. The zero-order chi connectivity index (χ0) is 22.1. The number of para-hydroxylation sites is 1. The average Bonchev–Trinajstić information content (AvgIpc) is 3.44. The van der Waals surface area contributed by atoms with E-state index in [2.05, 4.69) is 0 Å². The second kappa shape index (κ2) is 8.26. The Bertz CT molecular complexity index is 1170. The van der Waals surface area contributed by atoms with Crippen molar-refractivity contribution in [3.05, 3.63) is 102 Å². The summed E-state index contributed by atoms with van der Waals surface area (Å²) in [5, 5.41) is 6.50. The predicted octanol–water partition coefficient (Wildman–Crippen LogP) is 4.18. The SMILES string of the molecule is O=C1OCCN1C(=O)[C@H]1[C@H](c2ccccc2)C(c2ccc(F)cc2)=NN1c1ccccc1. The first kappa shape index (κ1) is 19.9. The molecular weight excluding hydrogens is 409 g/mol. The lowest BCUT2D eigenvalue weighted by Crippen LogP contribution is -2.48. The van der Waals surface area contributed by atoms with Gasteiger partial charge in [-0.15, -0.1) is 0 Å². The summed E-state index contributed by atoms with van der Waals surface area (Å²) in [4.78, 5) is 27.1. The Hall–Kier alpha value is -4.00. The highest BCUT2D eigenvalue weighted by atomic mass is 19.1. The fraction of sp³-hybridized carbons (Fsp3) is 0.160. The molecule has 1 fully saturated rings. The fourth-order valence-corrected chi connectivity index (χ4v) is 4.19. The van der Waals surface area contributed by atoms with Crippen molar-refractivity contribution in [2.45, 2.75) is 12.0 Å². The molecule has 160 valence electrons. The van der Waals surface area contributed by atoms with Gasteiger partial charge in [0.15, 0.2) is 0 Å². The van der Waals surface area contributed by atoms with Gasteiger partial charge in [-0.1, -0.05) is 60.7 Å². The van der Waals surface area contributed by atoms with Gasteiger partial charge in [-0.05, 0) is 35.4 Å². The van der Waals surface area contributed by atoms with Crippen LogP contribution in [-0.2, 0) is 9.53 Å². The fourth-order valence-electron chi connectivity index (χ4n) is 4.19. The van der Waals surface area contributed by atoms with Crippen molar-refractivity contribution >= 4 is 23.4 Å². The van der Waals surface area contributed by atoms with Crippen LogP contribution in [0.25, 0.3) is 0 Å². The Morgan fingerprint density at radius 1 is 0.938 bits per heavy atom. The number of carbonyl (C=O) groups excluding carboxylic acids is 2. The van der Waals surface area contributed by atoms with Crippen LogP contribution in [-0.4, -0.2) is 41.8 Å². The molecule has 1 saturated heterocycles. The highest BCUT2D eigenvalue weighted by Crippen LogP contribution is 2.38. The van der Waals surface area contributed by atoms with Crippen molar-refractivity contribution < 1.29 is 18.7 Å². The second-order valence-corrected chi connectivity index (χ2v) is 7.61. The molecule has 7 heteroatoms. The summed E-state index contributed by atoms with van der Waals surface area (Å²) >= 11 is 0. The number of benzene rings is 3. The van der Waals surface area contributed by atoms with E-state index in [-0.39, 0.29) is 24.9 Å². The van der Waals surface area contributed by atoms with Crippen molar-refractivity contribution in [2.75, 3.05) is 18.2 Å². The van der Waals surface area contributed by atoms with E-state index in [0.29, 0.717) is 11.3 Å². The minimum absolute atomic E-state index is 0.171. The summed E-state index contributed by atoms with van der Waals surface area (Å²) in [5.41, 5.74) is 2.93. The lowest BCUT2D eigenvalue weighted by molar-refractivity contribution is -0.129. The van der Waals surface area contributed by atoms with Crippen molar-refractivity contribution in [3.63, 3.8) is 0 Å². The average molecular weight is 429 g/mol. The number of nitrogens with zero attached hydrogens (tertiary/aromatic N) is 3. The predicted molar refractivity (Wildman–Crippen MR) is 118 cm³/mol. The molecule has 5 rings (SSSR count). The van der Waals surface area contributed by atoms with Crippen LogP contribution in [0.4, 0.5) is 14.9 Å². The maximum Gasteiger partial charge on any atom is 0.416 e. The highest BCUT2D eigenvalue weighted by Gasteiger charge is 2.48. The Morgan fingerprint density at radius 3 is 2.22 bits per heavy atom. The number of hydrogen-bond acceptors (Lipinski definition) is 5. The molecule has 0 unspecified atom stereocenters. The lowest BCUT2D eigenvalue weighted by atomic mass is 9.84. The third-order valence-electron chi connectivity index (χ3n) is 5.69. The normalized spacial score (nSPS) is 20.3. The second-order valence-electron chi connectivity index (χ2n) is 7.61. The zero-order valence-corrected chi connectivity index (χ0v) is 17.1. The highest BCUT2D eigenvalue weighted by molar-refractivity contribution is 6.13. The van der Waals surface area contributed by atoms with E-state index in [9.17, 15) is 14.0 Å². The number of hydrogen-bond donors (Lipinski definition) is 0. The molecule has 2 aliphatic rings. The molecule has 0 aromatic heterocycles. The van der Waals surface area contributed by atoms with Gasteiger partial charge in [0.1, 0.15) is 18.5 Å². The molecular formula is C25H20FN3O3. The van der Waals surface area contributed by atoms with Crippen molar-refractivity contribution in [1.29, 1.82) is 0 Å². The number of cyclic esters (lactones) is 1. The molecule has 32 heavy (non-hydrogen) atoms. The summed E-state index contributed by atoms with van der Waals surface area (Å²) in [6.07, 6.45) is -0.648. The molecule has 0 radical (unpaired) electrons. The summed E-state index contributed by atoms with van der Waals surface area (Å²) < 4.78 is 18.6. The molecule has 0 spiro atoms. The number of rotatable bonds is 4. The zero-order valence-electron chi connectivity index (χ0n) is 17.1. The first-order valence-corrected chi connectivity index (χ1v) is 10.4. The molecule has 2 heterocycles. The van der Waals surface area contributed by atoms with E-state index in [4.69, 9.17) is 9.84 Å². The van der Waals surface area contributed by atoms with Crippen molar-refractivity contribution in [3.8, 4) is 0 Å². The topological polar surface area (TPSA) is 62.2 Å². The van der Waals surface area contributed by atoms with Gasteiger partial charge >= 0.3 is 6.09 Å². The van der Waals surface area contributed by atoms with E-state index in [0.717, 1.165) is 16.2 Å². The van der Waals surface area contributed by atoms with Crippen LogP contribution in [0.15, 0.2) is 90.0 Å². The van der Waals surface area contributed by atoms with Gasteiger partial charge in [0.2, 0.25) is 0 Å². The van der Waals surface area contributed by atoms with Gasteiger partial charge < -0.3 is 4.74 Å². The van der Waals surface area contributed by atoms with E-state index >= 15 is 0 Å². The van der Waals surface area contributed by atoms with Crippen LogP contribution in [0.5, 0.6) is 0 Å². The molecule has 3 aromatic rings. The molecule has 2 amide bonds. The third-order valence-corrected chi connectivity index (χ3v) is 5.69. The molecule has 2 atom stereocenters. The van der Waals surface area contributed by atoms with Gasteiger partial charge in [0.05, 0.1) is 23.9 Å². The Kier molecular flexibility index (Phi) is 5.15. The van der Waals surface area contributed by atoms with E-state index in [1.807, 2.05) is 60.7 Å². The summed E-state index contributed by atoms with van der Waals surface area (Å²) in [6.45, 7) is 0.370. The molecule has 0 saturated carbocycles. The lowest BCUT2D eigenvalue weighted by Gasteiger charge is -2.29. The Morgan fingerprint density at radius 2 is 1.59 bits per heavy atom. The number of carbonyl (C=O) groups is 2. The monoisotopic (exact) mass is 429 g/mol. The van der Waals surface area contributed by atoms with E-state index < -0.39 is 18.1 Å². The van der Waals surface area contributed by atoms with Gasteiger partial charge in [0.25, 0.3) is 5.91 Å². The maximum atomic E-state index is 13.7. The molecule has 2 aliphatic heterocycles. The molecule has 0 bridgehead atoms. The van der Waals surface area contributed by atoms with Crippen LogP contribution < -0.4 is 5.01 Å². The van der Waals surface area contributed by atoms with Crippen LogP contribution in [0.3, 0.4) is 0 Å². The number of anilines is 1. The summed E-state index contributed by atoms with van der Waals surface area (Å²) in [7, 11) is 0. The molecule has 0 aliphatic carbocycles. The van der Waals surface area contributed by atoms with Gasteiger partial charge in [0, 0.05) is 0 Å². The van der Waals surface area contributed by atoms with E-state index in [1.165, 1.54) is 12.1 Å². The number of ether oxygens (including phenoxy) is 1. The number of amides is 2. The van der Waals surface area contributed by atoms with Gasteiger partial charge in [-0.3, -0.25) is 9.80 Å². The minimum Gasteiger partial charge on any atom is -0.447 e. The van der Waals surface area contributed by atoms with E-state index in [1.54, 1.807) is 17.1 Å². The van der Waals surface area contributed by atoms with Crippen LogP contribution in [0.2, 0.25) is 0 Å². The number of imide groups is 1. The summed E-state index contributed by atoms with van der Waals surface area (Å²) in [5.74, 6) is -1.20. The standard InChI is InChI=1S/C25H20FN3O3/c26-19-13-11-18(12-14-19)22-21(17-7-3-1-4-8-17)23(24(30)28-15-16-32-25(28)31)29(27-22)20-9-5-2-6-10-20/h1-14,21,23H,15-16H2/t21-,23-/m1/s1. The quantitative estimate of drug-likeness (QED) is 0.624.